The fourth-order valence-electron chi connectivity index (χ4n) is 2.70. The lowest BCUT2D eigenvalue weighted by Crippen LogP contribution is -2.50. The lowest BCUT2D eigenvalue weighted by Gasteiger charge is -2.37. The average molecular weight is 220 g/mol. The quantitative estimate of drug-likeness (QED) is 0.727. The zero-order valence-corrected chi connectivity index (χ0v) is 9.22. The lowest BCUT2D eigenvalue weighted by molar-refractivity contribution is 0.229. The Bertz CT molecular complexity index is 430. The Balaban J connectivity index is 1.79. The third-order valence-electron chi connectivity index (χ3n) is 3.54. The van der Waals surface area contributed by atoms with E-state index in [0.717, 1.165) is 25.6 Å². The molecule has 2 fully saturated rings. The SMILES string of the molecule is O=c1ccnc(N2CCN3CCCC3C2)[nH]1. The van der Waals surface area contributed by atoms with Gasteiger partial charge in [-0.15, -0.1) is 0 Å². The summed E-state index contributed by atoms with van der Waals surface area (Å²) in [6, 6.07) is 2.11. The second-order valence-corrected chi connectivity index (χ2v) is 4.54. The molecule has 5 nitrogen and oxygen atoms in total. The van der Waals surface area contributed by atoms with Crippen molar-refractivity contribution >= 4 is 5.95 Å². The summed E-state index contributed by atoms with van der Waals surface area (Å²) in [4.78, 5) is 23.0. The summed E-state index contributed by atoms with van der Waals surface area (Å²) in [6.45, 7) is 4.27. The van der Waals surface area contributed by atoms with Gasteiger partial charge in [-0.1, -0.05) is 0 Å². The van der Waals surface area contributed by atoms with Gasteiger partial charge in [0.1, 0.15) is 0 Å². The molecule has 0 saturated carbocycles. The van der Waals surface area contributed by atoms with Crippen LogP contribution < -0.4 is 10.5 Å². The fourth-order valence-corrected chi connectivity index (χ4v) is 2.70. The molecule has 0 aliphatic carbocycles. The number of hydrogen-bond acceptors (Lipinski definition) is 4. The Labute approximate surface area is 94.1 Å². The molecule has 1 aromatic rings. The third-order valence-corrected chi connectivity index (χ3v) is 3.54. The molecule has 0 bridgehead atoms. The standard InChI is InChI=1S/C11H16N4O/c16-10-3-4-12-11(13-10)15-7-6-14-5-1-2-9(14)8-15/h3-4,9H,1-2,5-8H2,(H,12,13,16). The van der Waals surface area contributed by atoms with E-state index >= 15 is 0 Å². The van der Waals surface area contributed by atoms with Gasteiger partial charge in [-0.2, -0.15) is 0 Å². The molecule has 3 rings (SSSR count). The Morgan fingerprint density at radius 2 is 2.31 bits per heavy atom. The maximum Gasteiger partial charge on any atom is 0.252 e. The number of H-pyrrole nitrogens is 1. The molecule has 2 aliphatic heterocycles. The van der Waals surface area contributed by atoms with Crippen LogP contribution in [0.25, 0.3) is 0 Å². The number of nitrogens with one attached hydrogen (secondary N) is 1. The third kappa shape index (κ3) is 1.71. The van der Waals surface area contributed by atoms with E-state index in [1.165, 1.54) is 25.5 Å². The van der Waals surface area contributed by atoms with Gasteiger partial charge in [-0.05, 0) is 19.4 Å². The van der Waals surface area contributed by atoms with Crippen molar-refractivity contribution in [2.75, 3.05) is 31.1 Å². The molecule has 5 heteroatoms. The van der Waals surface area contributed by atoms with Crippen molar-refractivity contribution in [3.05, 3.63) is 22.6 Å². The fraction of sp³-hybridized carbons (Fsp3) is 0.636. The predicted molar refractivity (Wildman–Crippen MR) is 61.7 cm³/mol. The molecule has 1 N–H and O–H groups in total. The van der Waals surface area contributed by atoms with Crippen LogP contribution in [0, 0.1) is 0 Å². The molecule has 0 radical (unpaired) electrons. The zero-order chi connectivity index (χ0) is 11.0. The summed E-state index contributed by atoms with van der Waals surface area (Å²) < 4.78 is 0. The van der Waals surface area contributed by atoms with Crippen LogP contribution in [0.15, 0.2) is 17.1 Å². The number of nitrogens with zero attached hydrogens (tertiary/aromatic N) is 3. The first-order valence-corrected chi connectivity index (χ1v) is 5.87. The highest BCUT2D eigenvalue weighted by atomic mass is 16.1. The van der Waals surface area contributed by atoms with E-state index in [1.54, 1.807) is 6.20 Å². The maximum absolute atomic E-state index is 11.2. The smallest absolute Gasteiger partial charge is 0.252 e. The van der Waals surface area contributed by atoms with E-state index in [2.05, 4.69) is 19.8 Å². The molecule has 0 spiro atoms. The first-order chi connectivity index (χ1) is 7.83. The summed E-state index contributed by atoms with van der Waals surface area (Å²) in [6.07, 6.45) is 4.15. The first-order valence-electron chi connectivity index (χ1n) is 5.87. The van der Waals surface area contributed by atoms with Gasteiger partial charge in [0, 0.05) is 37.9 Å². The molecule has 3 heterocycles. The molecule has 1 unspecified atom stereocenters. The summed E-state index contributed by atoms with van der Waals surface area (Å²) in [5.74, 6) is 0.721. The number of fused-ring (bicyclic) bond motifs is 1. The van der Waals surface area contributed by atoms with Crippen LogP contribution in [-0.4, -0.2) is 47.1 Å². The van der Waals surface area contributed by atoms with Crippen molar-refractivity contribution in [1.29, 1.82) is 0 Å². The molecule has 2 saturated heterocycles. The van der Waals surface area contributed by atoms with Crippen LogP contribution in [0.2, 0.25) is 0 Å². The highest BCUT2D eigenvalue weighted by Crippen LogP contribution is 2.22. The summed E-state index contributed by atoms with van der Waals surface area (Å²) >= 11 is 0. The number of anilines is 1. The Morgan fingerprint density at radius 3 is 3.19 bits per heavy atom. The summed E-state index contributed by atoms with van der Waals surface area (Å²) in [5, 5.41) is 0. The van der Waals surface area contributed by atoms with Crippen molar-refractivity contribution in [1.82, 2.24) is 14.9 Å². The summed E-state index contributed by atoms with van der Waals surface area (Å²) in [7, 11) is 0. The Kier molecular flexibility index (Phi) is 2.40. The van der Waals surface area contributed by atoms with Crippen LogP contribution in [0.3, 0.4) is 0 Å². The van der Waals surface area contributed by atoms with Crippen LogP contribution in [0.5, 0.6) is 0 Å². The van der Waals surface area contributed by atoms with Crippen LogP contribution in [0.1, 0.15) is 12.8 Å². The first kappa shape index (κ1) is 9.84. The lowest BCUT2D eigenvalue weighted by atomic mass is 10.2. The van der Waals surface area contributed by atoms with Crippen molar-refractivity contribution in [2.24, 2.45) is 0 Å². The second-order valence-electron chi connectivity index (χ2n) is 4.54. The number of piperazine rings is 1. The molecule has 1 atom stereocenters. The minimum Gasteiger partial charge on any atom is -0.339 e. The van der Waals surface area contributed by atoms with Gasteiger partial charge in [0.2, 0.25) is 5.95 Å². The van der Waals surface area contributed by atoms with E-state index in [-0.39, 0.29) is 5.56 Å². The number of hydrogen-bond donors (Lipinski definition) is 1. The average Bonchev–Trinajstić information content (AvgIpc) is 2.75. The highest BCUT2D eigenvalue weighted by Gasteiger charge is 2.31. The zero-order valence-electron chi connectivity index (χ0n) is 9.22. The van der Waals surface area contributed by atoms with Gasteiger partial charge in [-0.3, -0.25) is 14.7 Å². The second kappa shape index (κ2) is 3.90. The Morgan fingerprint density at radius 1 is 1.38 bits per heavy atom. The van der Waals surface area contributed by atoms with Crippen molar-refractivity contribution in [2.45, 2.75) is 18.9 Å². The van der Waals surface area contributed by atoms with Gasteiger partial charge in [0.15, 0.2) is 0 Å². The van der Waals surface area contributed by atoms with Gasteiger partial charge in [0.25, 0.3) is 5.56 Å². The van der Waals surface area contributed by atoms with Crippen molar-refractivity contribution in [3.63, 3.8) is 0 Å². The summed E-state index contributed by atoms with van der Waals surface area (Å²) in [5.41, 5.74) is -0.0705. The van der Waals surface area contributed by atoms with Crippen molar-refractivity contribution < 1.29 is 0 Å². The van der Waals surface area contributed by atoms with Gasteiger partial charge < -0.3 is 4.90 Å². The van der Waals surface area contributed by atoms with Crippen LogP contribution in [0.4, 0.5) is 5.95 Å². The molecule has 0 aromatic carbocycles. The van der Waals surface area contributed by atoms with Crippen molar-refractivity contribution in [3.8, 4) is 0 Å². The largest absolute Gasteiger partial charge is 0.339 e. The van der Waals surface area contributed by atoms with Gasteiger partial charge in [-0.25, -0.2) is 4.98 Å². The monoisotopic (exact) mass is 220 g/mol. The van der Waals surface area contributed by atoms with Crippen LogP contribution in [-0.2, 0) is 0 Å². The molecule has 2 aliphatic rings. The number of rotatable bonds is 1. The number of aromatic nitrogens is 2. The topological polar surface area (TPSA) is 52.2 Å². The molecule has 1 aromatic heterocycles. The Hall–Kier alpha value is -1.36. The predicted octanol–water partition coefficient (Wildman–Crippen LogP) is 0.0543. The number of aromatic amines is 1. The van der Waals surface area contributed by atoms with E-state index < -0.39 is 0 Å². The van der Waals surface area contributed by atoms with Gasteiger partial charge in [0.05, 0.1) is 0 Å². The van der Waals surface area contributed by atoms with E-state index in [0.29, 0.717) is 6.04 Å². The van der Waals surface area contributed by atoms with E-state index in [1.807, 2.05) is 0 Å². The van der Waals surface area contributed by atoms with Gasteiger partial charge >= 0.3 is 0 Å². The van der Waals surface area contributed by atoms with E-state index in [4.69, 9.17) is 0 Å². The van der Waals surface area contributed by atoms with E-state index in [9.17, 15) is 4.79 Å². The minimum atomic E-state index is -0.0705. The molecule has 16 heavy (non-hydrogen) atoms. The normalized spacial score (nSPS) is 25.8. The molecule has 86 valence electrons. The minimum absolute atomic E-state index is 0.0705. The molecular weight excluding hydrogens is 204 g/mol. The van der Waals surface area contributed by atoms with Crippen LogP contribution >= 0.6 is 0 Å². The highest BCUT2D eigenvalue weighted by molar-refractivity contribution is 5.30. The molecule has 0 amide bonds. The molecular formula is C11H16N4O. The maximum atomic E-state index is 11.2.